The Morgan fingerprint density at radius 3 is 2.77 bits per heavy atom. The molecule has 0 saturated carbocycles. The quantitative estimate of drug-likeness (QED) is 0.714. The zero-order valence-electron chi connectivity index (χ0n) is 14.9. The predicted molar refractivity (Wildman–Crippen MR) is 97.0 cm³/mol. The Morgan fingerprint density at radius 1 is 1.19 bits per heavy atom. The molecule has 0 bridgehead atoms. The SMILES string of the molecule is C=CCOc1ccc(C(=O)N(C)Cc2ccc3c(c2)OCO3)cc1OC. The van der Waals surface area contributed by atoms with Crippen LogP contribution in [-0.2, 0) is 6.54 Å². The molecule has 0 spiro atoms. The van der Waals surface area contributed by atoms with Gasteiger partial charge in [0.2, 0.25) is 6.79 Å². The first-order valence-corrected chi connectivity index (χ1v) is 8.18. The molecule has 0 unspecified atom stereocenters. The van der Waals surface area contributed by atoms with Crippen molar-refractivity contribution in [2.75, 3.05) is 27.6 Å². The Morgan fingerprint density at radius 2 is 2.00 bits per heavy atom. The van der Waals surface area contributed by atoms with Crippen LogP contribution in [0.5, 0.6) is 23.0 Å². The number of amides is 1. The van der Waals surface area contributed by atoms with Crippen LogP contribution in [0.25, 0.3) is 0 Å². The Bertz CT molecular complexity index is 818. The highest BCUT2D eigenvalue weighted by Gasteiger charge is 2.17. The lowest BCUT2D eigenvalue weighted by molar-refractivity contribution is 0.0784. The normalized spacial score (nSPS) is 11.8. The highest BCUT2D eigenvalue weighted by Crippen LogP contribution is 2.33. The molecule has 0 atom stereocenters. The minimum Gasteiger partial charge on any atom is -0.493 e. The number of benzene rings is 2. The molecule has 1 heterocycles. The van der Waals surface area contributed by atoms with Gasteiger partial charge in [-0.3, -0.25) is 4.79 Å². The van der Waals surface area contributed by atoms with Crippen molar-refractivity contribution < 1.29 is 23.7 Å². The summed E-state index contributed by atoms with van der Waals surface area (Å²) in [5.74, 6) is 2.39. The van der Waals surface area contributed by atoms with E-state index in [0.29, 0.717) is 36.0 Å². The molecule has 6 heteroatoms. The zero-order valence-corrected chi connectivity index (χ0v) is 14.9. The number of carbonyl (C=O) groups is 1. The monoisotopic (exact) mass is 355 g/mol. The zero-order chi connectivity index (χ0) is 18.5. The fourth-order valence-electron chi connectivity index (χ4n) is 2.67. The van der Waals surface area contributed by atoms with Crippen LogP contribution in [0.1, 0.15) is 15.9 Å². The van der Waals surface area contributed by atoms with Crippen LogP contribution in [0, 0.1) is 0 Å². The molecule has 0 saturated heterocycles. The third kappa shape index (κ3) is 3.74. The van der Waals surface area contributed by atoms with Crippen molar-refractivity contribution in [1.29, 1.82) is 0 Å². The standard InChI is InChI=1S/C20H21NO5/c1-4-9-24-16-8-6-15(11-18(16)23-3)20(22)21(2)12-14-5-7-17-19(10-14)26-13-25-17/h4-8,10-11H,1,9,12-13H2,2-3H3. The topological polar surface area (TPSA) is 57.2 Å². The Labute approximate surface area is 152 Å². The second-order valence-electron chi connectivity index (χ2n) is 5.81. The van der Waals surface area contributed by atoms with Crippen molar-refractivity contribution >= 4 is 5.91 Å². The lowest BCUT2D eigenvalue weighted by atomic mass is 10.1. The van der Waals surface area contributed by atoms with Crippen molar-refractivity contribution in [3.63, 3.8) is 0 Å². The number of hydrogen-bond acceptors (Lipinski definition) is 5. The van der Waals surface area contributed by atoms with Crippen LogP contribution in [0.4, 0.5) is 0 Å². The molecule has 26 heavy (non-hydrogen) atoms. The molecule has 0 aromatic heterocycles. The van der Waals surface area contributed by atoms with Crippen molar-refractivity contribution in [2.45, 2.75) is 6.54 Å². The fraction of sp³-hybridized carbons (Fsp3) is 0.250. The summed E-state index contributed by atoms with van der Waals surface area (Å²) >= 11 is 0. The van der Waals surface area contributed by atoms with Crippen molar-refractivity contribution in [3.05, 3.63) is 60.2 Å². The first-order valence-electron chi connectivity index (χ1n) is 8.18. The summed E-state index contributed by atoms with van der Waals surface area (Å²) in [7, 11) is 3.29. The third-order valence-electron chi connectivity index (χ3n) is 3.97. The van der Waals surface area contributed by atoms with E-state index in [1.807, 2.05) is 18.2 Å². The Kier molecular flexibility index (Phi) is 5.31. The summed E-state index contributed by atoms with van der Waals surface area (Å²) in [6, 6.07) is 10.8. The second-order valence-corrected chi connectivity index (χ2v) is 5.81. The van der Waals surface area contributed by atoms with Gasteiger partial charge in [-0.15, -0.1) is 0 Å². The molecular formula is C20H21NO5. The van der Waals surface area contributed by atoms with Gasteiger partial charge in [-0.05, 0) is 35.9 Å². The smallest absolute Gasteiger partial charge is 0.254 e. The van der Waals surface area contributed by atoms with Gasteiger partial charge in [0.05, 0.1) is 7.11 Å². The van der Waals surface area contributed by atoms with Gasteiger partial charge in [-0.1, -0.05) is 18.7 Å². The largest absolute Gasteiger partial charge is 0.493 e. The van der Waals surface area contributed by atoms with E-state index in [2.05, 4.69) is 6.58 Å². The van der Waals surface area contributed by atoms with E-state index in [4.69, 9.17) is 18.9 Å². The number of ether oxygens (including phenoxy) is 4. The van der Waals surface area contributed by atoms with E-state index in [-0.39, 0.29) is 12.7 Å². The molecule has 6 nitrogen and oxygen atoms in total. The fourth-order valence-corrected chi connectivity index (χ4v) is 2.67. The van der Waals surface area contributed by atoms with E-state index >= 15 is 0 Å². The summed E-state index contributed by atoms with van der Waals surface area (Å²) in [6.45, 7) is 4.67. The molecule has 1 aliphatic rings. The molecule has 1 amide bonds. The highest BCUT2D eigenvalue weighted by molar-refractivity contribution is 5.94. The van der Waals surface area contributed by atoms with Crippen LogP contribution < -0.4 is 18.9 Å². The van der Waals surface area contributed by atoms with Crippen LogP contribution in [0.15, 0.2) is 49.1 Å². The molecule has 2 aromatic rings. The van der Waals surface area contributed by atoms with E-state index in [0.717, 1.165) is 11.3 Å². The molecule has 1 aliphatic heterocycles. The second kappa shape index (κ2) is 7.82. The lowest BCUT2D eigenvalue weighted by Gasteiger charge is -2.18. The molecular weight excluding hydrogens is 334 g/mol. The van der Waals surface area contributed by atoms with E-state index in [9.17, 15) is 4.79 Å². The molecule has 136 valence electrons. The maximum Gasteiger partial charge on any atom is 0.254 e. The van der Waals surface area contributed by atoms with Gasteiger partial charge in [0, 0.05) is 19.2 Å². The number of fused-ring (bicyclic) bond motifs is 1. The third-order valence-corrected chi connectivity index (χ3v) is 3.97. The van der Waals surface area contributed by atoms with Crippen molar-refractivity contribution in [1.82, 2.24) is 4.90 Å². The minimum absolute atomic E-state index is 0.115. The molecule has 0 fully saturated rings. The van der Waals surface area contributed by atoms with Gasteiger partial charge in [-0.25, -0.2) is 0 Å². The first-order chi connectivity index (χ1) is 12.6. The Balaban J connectivity index is 1.72. The number of methoxy groups -OCH3 is 1. The van der Waals surface area contributed by atoms with E-state index in [1.165, 1.54) is 0 Å². The van der Waals surface area contributed by atoms with E-state index in [1.54, 1.807) is 43.3 Å². The first kappa shape index (κ1) is 17.7. The minimum atomic E-state index is -0.115. The van der Waals surface area contributed by atoms with Gasteiger partial charge < -0.3 is 23.8 Å². The number of carbonyl (C=O) groups excluding carboxylic acids is 1. The Hall–Kier alpha value is -3.15. The summed E-state index contributed by atoms with van der Waals surface area (Å²) < 4.78 is 21.5. The average Bonchev–Trinajstić information content (AvgIpc) is 3.13. The number of rotatable bonds is 7. The highest BCUT2D eigenvalue weighted by atomic mass is 16.7. The van der Waals surface area contributed by atoms with Crippen LogP contribution in [0.3, 0.4) is 0 Å². The van der Waals surface area contributed by atoms with Crippen molar-refractivity contribution in [3.8, 4) is 23.0 Å². The van der Waals surface area contributed by atoms with Gasteiger partial charge in [0.15, 0.2) is 23.0 Å². The summed E-state index contributed by atoms with van der Waals surface area (Å²) in [5.41, 5.74) is 1.49. The van der Waals surface area contributed by atoms with Crippen LogP contribution in [0.2, 0.25) is 0 Å². The lowest BCUT2D eigenvalue weighted by Crippen LogP contribution is -2.26. The van der Waals surface area contributed by atoms with Crippen LogP contribution >= 0.6 is 0 Å². The molecule has 0 radical (unpaired) electrons. The predicted octanol–water partition coefficient (Wildman–Crippen LogP) is 3.26. The number of hydrogen-bond donors (Lipinski definition) is 0. The molecule has 0 N–H and O–H groups in total. The molecule has 0 aliphatic carbocycles. The van der Waals surface area contributed by atoms with Gasteiger partial charge in [0.1, 0.15) is 6.61 Å². The van der Waals surface area contributed by atoms with Crippen LogP contribution in [-0.4, -0.2) is 38.4 Å². The summed E-state index contributed by atoms with van der Waals surface area (Å²) in [5, 5.41) is 0. The molecule has 3 rings (SSSR count). The van der Waals surface area contributed by atoms with Gasteiger partial charge >= 0.3 is 0 Å². The summed E-state index contributed by atoms with van der Waals surface area (Å²) in [6.07, 6.45) is 1.65. The van der Waals surface area contributed by atoms with Gasteiger partial charge in [-0.2, -0.15) is 0 Å². The van der Waals surface area contributed by atoms with Gasteiger partial charge in [0.25, 0.3) is 5.91 Å². The van der Waals surface area contributed by atoms with Crippen molar-refractivity contribution in [2.24, 2.45) is 0 Å². The maximum absolute atomic E-state index is 12.7. The maximum atomic E-state index is 12.7. The molecule has 2 aromatic carbocycles. The summed E-state index contributed by atoms with van der Waals surface area (Å²) in [4.78, 5) is 14.4. The van der Waals surface area contributed by atoms with E-state index < -0.39 is 0 Å². The number of nitrogens with zero attached hydrogens (tertiary/aromatic N) is 1. The average molecular weight is 355 g/mol.